The summed E-state index contributed by atoms with van der Waals surface area (Å²) in [6.07, 6.45) is 1.59. The summed E-state index contributed by atoms with van der Waals surface area (Å²) in [5, 5.41) is 20.1. The highest BCUT2D eigenvalue weighted by Crippen LogP contribution is 2.40. The van der Waals surface area contributed by atoms with Crippen LogP contribution in [0.2, 0.25) is 0 Å². The van der Waals surface area contributed by atoms with Crippen molar-refractivity contribution in [3.8, 4) is 22.8 Å². The number of imidazole rings is 1. The summed E-state index contributed by atoms with van der Waals surface area (Å²) in [5.74, 6) is 0.989. The van der Waals surface area contributed by atoms with E-state index in [1.54, 1.807) is 41.7 Å². The van der Waals surface area contributed by atoms with Gasteiger partial charge in [0.05, 0.1) is 4.88 Å². The number of ketones is 1. The highest BCUT2D eigenvalue weighted by Gasteiger charge is 2.32. The molecule has 1 aliphatic rings. The Labute approximate surface area is 197 Å². The van der Waals surface area contributed by atoms with Crippen LogP contribution in [-0.4, -0.2) is 15.3 Å². The summed E-state index contributed by atoms with van der Waals surface area (Å²) in [6, 6.07) is 22.9. The fraction of sp³-hybridized carbons (Fsp3) is 0.0370. The highest BCUT2D eigenvalue weighted by molar-refractivity contribution is 7.22. The van der Waals surface area contributed by atoms with E-state index >= 15 is 0 Å². The number of hydrogen-bond donors (Lipinski definition) is 0. The fourth-order valence-corrected chi connectivity index (χ4v) is 5.46. The van der Waals surface area contributed by atoms with E-state index in [-0.39, 0.29) is 16.9 Å². The number of Topliss-reactive ketones (excluding diaryl/α,β-unsaturated/α-hetero) is 1. The van der Waals surface area contributed by atoms with Gasteiger partial charge in [0.25, 0.3) is 0 Å². The summed E-state index contributed by atoms with van der Waals surface area (Å²) in [6.45, 7) is 0. The van der Waals surface area contributed by atoms with Crippen molar-refractivity contribution < 1.29 is 9.21 Å². The van der Waals surface area contributed by atoms with Crippen LogP contribution in [0.3, 0.4) is 0 Å². The van der Waals surface area contributed by atoms with Crippen LogP contribution >= 0.6 is 11.3 Å². The molecule has 0 aliphatic heterocycles. The number of carbonyl (C=O) groups is 1. The Hall–Kier alpha value is -4.72. The Morgan fingerprint density at radius 3 is 2.53 bits per heavy atom. The average Bonchev–Trinajstić information content (AvgIpc) is 3.59. The van der Waals surface area contributed by atoms with Gasteiger partial charge in [0.1, 0.15) is 29.0 Å². The zero-order valence-corrected chi connectivity index (χ0v) is 18.7. The molecule has 3 heterocycles. The van der Waals surface area contributed by atoms with Crippen LogP contribution in [-0.2, 0) is 7.05 Å². The maximum Gasteiger partial charge on any atom is 0.245 e. The number of nitrogens with zero attached hydrogens (tertiary/aromatic N) is 4. The molecule has 0 N–H and O–H groups in total. The number of hydrogen-bond acceptors (Lipinski definition) is 6. The zero-order chi connectivity index (χ0) is 23.4. The van der Waals surface area contributed by atoms with Crippen LogP contribution in [0.25, 0.3) is 43.7 Å². The van der Waals surface area contributed by atoms with Crippen molar-refractivity contribution in [2.45, 2.75) is 0 Å². The standard InChI is InChI=1S/C27H14N4O2S/c1-31-21-12-17(33-27(21)30-26(31)23-10-15-6-2-5-9-22(15)34-23)11-20-24(16(13-28)14-29)18-7-3-4-8-19(18)25(20)32/h2-12H,1H3/b20-11-. The molecule has 0 radical (unpaired) electrons. The number of allylic oxidation sites excluding steroid dienone is 3. The minimum absolute atomic E-state index is 0.106. The summed E-state index contributed by atoms with van der Waals surface area (Å²) in [5.41, 5.74) is 2.79. The number of thiophene rings is 1. The normalized spacial score (nSPS) is 14.0. The molecule has 0 amide bonds. The molecule has 6 rings (SSSR count). The first-order valence-corrected chi connectivity index (χ1v) is 11.3. The average molecular weight is 459 g/mol. The van der Waals surface area contributed by atoms with Gasteiger partial charge in [-0.2, -0.15) is 15.5 Å². The molecule has 0 spiro atoms. The Balaban J connectivity index is 1.47. The van der Waals surface area contributed by atoms with Crippen molar-refractivity contribution in [2.24, 2.45) is 7.05 Å². The first-order valence-electron chi connectivity index (χ1n) is 10.4. The molecule has 0 saturated carbocycles. The van der Waals surface area contributed by atoms with Gasteiger partial charge in [-0.3, -0.25) is 4.79 Å². The van der Waals surface area contributed by atoms with Gasteiger partial charge in [-0.25, -0.2) is 0 Å². The van der Waals surface area contributed by atoms with E-state index in [0.29, 0.717) is 28.2 Å². The molecule has 5 aromatic rings. The van der Waals surface area contributed by atoms with Crippen molar-refractivity contribution in [2.75, 3.05) is 0 Å². The van der Waals surface area contributed by atoms with E-state index in [1.807, 2.05) is 42.0 Å². The number of carbonyl (C=O) groups excluding carboxylic acids is 1. The lowest BCUT2D eigenvalue weighted by molar-refractivity contribution is 0.104. The molecule has 1 aliphatic carbocycles. The molecule has 7 heteroatoms. The molecule has 0 bridgehead atoms. The summed E-state index contributed by atoms with van der Waals surface area (Å²) in [4.78, 5) is 18.8. The molecule has 0 atom stereocenters. The SMILES string of the molecule is Cn1c(-c2cc3ccccc3s2)nc2oc(/C=C3\C(=O)c4ccccc4C3=C(C#N)C#N)cc21. The minimum Gasteiger partial charge on any atom is -0.437 e. The van der Waals surface area contributed by atoms with Crippen molar-refractivity contribution in [3.63, 3.8) is 0 Å². The summed E-state index contributed by atoms with van der Waals surface area (Å²) in [7, 11) is 1.92. The smallest absolute Gasteiger partial charge is 0.245 e. The number of furan rings is 1. The van der Waals surface area contributed by atoms with E-state index in [1.165, 1.54) is 4.70 Å². The molecule has 0 unspecified atom stereocenters. The number of rotatable bonds is 2. The van der Waals surface area contributed by atoms with Crippen LogP contribution < -0.4 is 0 Å². The van der Waals surface area contributed by atoms with Gasteiger partial charge in [-0.05, 0) is 29.2 Å². The van der Waals surface area contributed by atoms with Gasteiger partial charge in [-0.15, -0.1) is 11.3 Å². The van der Waals surface area contributed by atoms with Crippen molar-refractivity contribution in [1.29, 1.82) is 10.5 Å². The fourth-order valence-electron chi connectivity index (χ4n) is 4.37. The second kappa shape index (κ2) is 7.41. The molecule has 3 aromatic heterocycles. The number of benzene rings is 2. The largest absolute Gasteiger partial charge is 0.437 e. The van der Waals surface area contributed by atoms with Crippen LogP contribution in [0.4, 0.5) is 0 Å². The number of aryl methyl sites for hydroxylation is 1. The topological polar surface area (TPSA) is 95.6 Å². The van der Waals surface area contributed by atoms with Crippen LogP contribution in [0.15, 0.2) is 76.2 Å². The van der Waals surface area contributed by atoms with Gasteiger partial charge in [0.15, 0.2) is 11.6 Å². The lowest BCUT2D eigenvalue weighted by atomic mass is 9.99. The zero-order valence-electron chi connectivity index (χ0n) is 17.9. The Bertz CT molecular complexity index is 1770. The monoisotopic (exact) mass is 458 g/mol. The predicted octanol–water partition coefficient (Wildman–Crippen LogP) is 6.13. The number of aromatic nitrogens is 2. The quantitative estimate of drug-likeness (QED) is 0.234. The highest BCUT2D eigenvalue weighted by atomic mass is 32.1. The van der Waals surface area contributed by atoms with Crippen LogP contribution in [0, 0.1) is 22.7 Å². The summed E-state index contributed by atoms with van der Waals surface area (Å²) < 4.78 is 9.13. The molecular formula is C27H14N4O2S. The molecule has 160 valence electrons. The maximum atomic E-state index is 13.1. The van der Waals surface area contributed by atoms with E-state index in [9.17, 15) is 15.3 Å². The van der Waals surface area contributed by atoms with E-state index < -0.39 is 0 Å². The molecule has 6 nitrogen and oxygen atoms in total. The lowest BCUT2D eigenvalue weighted by Crippen LogP contribution is -1.95. The second-order valence-electron chi connectivity index (χ2n) is 7.89. The molecule has 2 aromatic carbocycles. The summed E-state index contributed by atoms with van der Waals surface area (Å²) >= 11 is 1.67. The van der Waals surface area contributed by atoms with Crippen molar-refractivity contribution in [3.05, 3.63) is 88.7 Å². The molecular weight excluding hydrogens is 444 g/mol. The van der Waals surface area contributed by atoms with Gasteiger partial charge < -0.3 is 8.98 Å². The number of nitriles is 2. The first-order chi connectivity index (χ1) is 16.6. The van der Waals surface area contributed by atoms with E-state index in [2.05, 4.69) is 18.2 Å². The van der Waals surface area contributed by atoms with Gasteiger partial charge >= 0.3 is 0 Å². The lowest BCUT2D eigenvalue weighted by Gasteiger charge is -2.01. The molecule has 0 saturated heterocycles. The Morgan fingerprint density at radius 1 is 1.06 bits per heavy atom. The third kappa shape index (κ3) is 2.85. The van der Waals surface area contributed by atoms with Crippen molar-refractivity contribution >= 4 is 50.1 Å². The van der Waals surface area contributed by atoms with E-state index in [0.717, 1.165) is 21.6 Å². The maximum absolute atomic E-state index is 13.1. The van der Waals surface area contributed by atoms with Gasteiger partial charge in [-0.1, -0.05) is 42.5 Å². The number of fused-ring (bicyclic) bond motifs is 3. The predicted molar refractivity (Wildman–Crippen MR) is 131 cm³/mol. The molecule has 34 heavy (non-hydrogen) atoms. The van der Waals surface area contributed by atoms with Gasteiger partial charge in [0, 0.05) is 34.5 Å². The third-order valence-corrected chi connectivity index (χ3v) is 7.07. The molecule has 0 fully saturated rings. The van der Waals surface area contributed by atoms with E-state index in [4.69, 9.17) is 9.40 Å². The third-order valence-electron chi connectivity index (χ3n) is 5.96. The van der Waals surface area contributed by atoms with Gasteiger partial charge in [0.2, 0.25) is 5.71 Å². The van der Waals surface area contributed by atoms with Crippen LogP contribution in [0.5, 0.6) is 0 Å². The Kier molecular flexibility index (Phi) is 4.35. The van der Waals surface area contributed by atoms with Crippen molar-refractivity contribution in [1.82, 2.24) is 9.55 Å². The first kappa shape index (κ1) is 19.9. The Morgan fingerprint density at radius 2 is 1.79 bits per heavy atom. The second-order valence-corrected chi connectivity index (χ2v) is 8.97. The minimum atomic E-state index is -0.243. The van der Waals surface area contributed by atoms with Crippen LogP contribution in [0.1, 0.15) is 21.7 Å².